The van der Waals surface area contributed by atoms with Gasteiger partial charge in [-0.15, -0.1) is 0 Å². The third-order valence-electron chi connectivity index (χ3n) is 2.92. The smallest absolute Gasteiger partial charge is 0.321 e. The molecule has 1 aliphatic heterocycles. The second-order valence-corrected chi connectivity index (χ2v) is 6.92. The van der Waals surface area contributed by atoms with Crippen LogP contribution in [0.4, 0.5) is 4.79 Å². The first-order valence-corrected chi connectivity index (χ1v) is 8.21. The van der Waals surface area contributed by atoms with Crippen molar-refractivity contribution in [1.29, 1.82) is 0 Å². The van der Waals surface area contributed by atoms with Crippen molar-refractivity contribution in [1.82, 2.24) is 16.0 Å². The summed E-state index contributed by atoms with van der Waals surface area (Å²) in [6.07, 6.45) is 1.32. The standard InChI is InChI=1S/C11H21N3O4S/c1-3-12-11(16)14-10(15)8(2)13-9-5-4-6-19(17,18)7-9/h8-9,13H,3-7H2,1-2H3,(H2,12,14,15,16). The second kappa shape index (κ2) is 6.85. The number of sulfone groups is 1. The molecule has 1 saturated heterocycles. The van der Waals surface area contributed by atoms with Crippen molar-refractivity contribution < 1.29 is 18.0 Å². The summed E-state index contributed by atoms with van der Waals surface area (Å²) in [5.41, 5.74) is 0. The Morgan fingerprint density at radius 2 is 2.05 bits per heavy atom. The Balaban J connectivity index is 2.43. The first-order chi connectivity index (χ1) is 8.84. The van der Waals surface area contributed by atoms with Crippen LogP contribution in [0.2, 0.25) is 0 Å². The molecule has 1 fully saturated rings. The topological polar surface area (TPSA) is 104 Å². The summed E-state index contributed by atoms with van der Waals surface area (Å²) in [5.74, 6) is -0.204. The van der Waals surface area contributed by atoms with E-state index < -0.39 is 27.8 Å². The average molecular weight is 291 g/mol. The highest BCUT2D eigenvalue weighted by atomic mass is 32.2. The highest BCUT2D eigenvalue weighted by Crippen LogP contribution is 2.12. The molecule has 110 valence electrons. The number of imide groups is 1. The SMILES string of the molecule is CCNC(=O)NC(=O)C(C)NC1CCCS(=O)(=O)C1. The number of carbonyl (C=O) groups excluding carboxylic acids is 2. The largest absolute Gasteiger partial charge is 0.338 e. The summed E-state index contributed by atoms with van der Waals surface area (Å²) in [7, 11) is -3.01. The molecule has 1 rings (SSSR count). The Hall–Kier alpha value is -1.15. The predicted molar refractivity (Wildman–Crippen MR) is 71.5 cm³/mol. The van der Waals surface area contributed by atoms with Crippen LogP contribution >= 0.6 is 0 Å². The van der Waals surface area contributed by atoms with Crippen LogP contribution < -0.4 is 16.0 Å². The molecule has 7 nitrogen and oxygen atoms in total. The lowest BCUT2D eigenvalue weighted by Crippen LogP contribution is -2.52. The number of rotatable bonds is 4. The summed E-state index contributed by atoms with van der Waals surface area (Å²) >= 11 is 0. The van der Waals surface area contributed by atoms with E-state index in [9.17, 15) is 18.0 Å². The molecule has 2 atom stereocenters. The number of carbonyl (C=O) groups is 2. The molecule has 0 bridgehead atoms. The van der Waals surface area contributed by atoms with Crippen molar-refractivity contribution in [2.75, 3.05) is 18.1 Å². The summed E-state index contributed by atoms with van der Waals surface area (Å²) in [6.45, 7) is 3.79. The van der Waals surface area contributed by atoms with E-state index in [-0.39, 0.29) is 17.5 Å². The van der Waals surface area contributed by atoms with Crippen LogP contribution in [-0.4, -0.2) is 50.5 Å². The van der Waals surface area contributed by atoms with E-state index in [0.29, 0.717) is 13.0 Å². The molecule has 0 spiro atoms. The maximum absolute atomic E-state index is 11.7. The zero-order valence-corrected chi connectivity index (χ0v) is 12.0. The fraction of sp³-hybridized carbons (Fsp3) is 0.818. The lowest BCUT2D eigenvalue weighted by Gasteiger charge is -2.25. The van der Waals surface area contributed by atoms with E-state index in [1.165, 1.54) is 0 Å². The average Bonchev–Trinajstić information content (AvgIpc) is 2.27. The van der Waals surface area contributed by atoms with E-state index in [1.807, 2.05) is 0 Å². The van der Waals surface area contributed by atoms with Crippen molar-refractivity contribution >= 4 is 21.8 Å². The minimum Gasteiger partial charge on any atom is -0.338 e. The third kappa shape index (κ3) is 5.56. The zero-order chi connectivity index (χ0) is 14.5. The number of hydrogen-bond acceptors (Lipinski definition) is 5. The van der Waals surface area contributed by atoms with Gasteiger partial charge in [0.25, 0.3) is 0 Å². The quantitative estimate of drug-likeness (QED) is 0.641. The van der Waals surface area contributed by atoms with Gasteiger partial charge in [-0.25, -0.2) is 13.2 Å². The molecular formula is C11H21N3O4S. The minimum absolute atomic E-state index is 0.0474. The van der Waals surface area contributed by atoms with E-state index >= 15 is 0 Å². The van der Waals surface area contributed by atoms with E-state index in [0.717, 1.165) is 6.42 Å². The van der Waals surface area contributed by atoms with Gasteiger partial charge in [0.05, 0.1) is 17.5 Å². The molecule has 0 saturated carbocycles. The number of urea groups is 1. The Bertz CT molecular complexity index is 435. The van der Waals surface area contributed by atoms with Crippen LogP contribution in [0.25, 0.3) is 0 Å². The first-order valence-electron chi connectivity index (χ1n) is 6.39. The van der Waals surface area contributed by atoms with E-state index in [4.69, 9.17) is 0 Å². The normalized spacial score (nSPS) is 23.4. The zero-order valence-electron chi connectivity index (χ0n) is 11.2. The Morgan fingerprint density at radius 3 is 2.63 bits per heavy atom. The van der Waals surface area contributed by atoms with Crippen LogP contribution in [0.15, 0.2) is 0 Å². The molecule has 8 heteroatoms. The van der Waals surface area contributed by atoms with Crippen molar-refractivity contribution in [3.8, 4) is 0 Å². The van der Waals surface area contributed by atoms with Crippen LogP contribution in [0.3, 0.4) is 0 Å². The van der Waals surface area contributed by atoms with Crippen molar-refractivity contribution in [3.63, 3.8) is 0 Å². The molecule has 2 unspecified atom stereocenters. The molecular weight excluding hydrogens is 270 g/mol. The van der Waals surface area contributed by atoms with Crippen LogP contribution in [-0.2, 0) is 14.6 Å². The van der Waals surface area contributed by atoms with Gasteiger partial charge in [-0.3, -0.25) is 10.1 Å². The van der Waals surface area contributed by atoms with Gasteiger partial charge in [0.15, 0.2) is 9.84 Å². The van der Waals surface area contributed by atoms with Crippen molar-refractivity contribution in [3.05, 3.63) is 0 Å². The summed E-state index contributed by atoms with van der Waals surface area (Å²) in [4.78, 5) is 22.9. The fourth-order valence-corrected chi connectivity index (χ4v) is 3.66. The van der Waals surface area contributed by atoms with Gasteiger partial charge in [0, 0.05) is 12.6 Å². The lowest BCUT2D eigenvalue weighted by atomic mass is 10.1. The van der Waals surface area contributed by atoms with Crippen LogP contribution in [0.5, 0.6) is 0 Å². The molecule has 3 N–H and O–H groups in total. The summed E-state index contributed by atoms with van der Waals surface area (Å²) < 4.78 is 22.9. The first kappa shape index (κ1) is 15.9. The maximum atomic E-state index is 11.7. The Labute approximate surface area is 113 Å². The molecule has 0 aromatic heterocycles. The summed E-state index contributed by atoms with van der Waals surface area (Å²) in [6, 6.07) is -1.38. The van der Waals surface area contributed by atoms with E-state index in [1.54, 1.807) is 13.8 Å². The molecule has 1 heterocycles. The monoisotopic (exact) mass is 291 g/mol. The van der Waals surface area contributed by atoms with Gasteiger partial charge >= 0.3 is 6.03 Å². The van der Waals surface area contributed by atoms with Gasteiger partial charge in [-0.05, 0) is 26.7 Å². The van der Waals surface area contributed by atoms with Crippen LogP contribution in [0, 0.1) is 0 Å². The molecule has 19 heavy (non-hydrogen) atoms. The fourth-order valence-electron chi connectivity index (χ4n) is 2.01. The summed E-state index contributed by atoms with van der Waals surface area (Å²) in [5, 5.41) is 7.59. The molecule has 0 aromatic carbocycles. The third-order valence-corrected chi connectivity index (χ3v) is 4.74. The molecule has 0 radical (unpaired) electrons. The van der Waals surface area contributed by atoms with Gasteiger partial charge in [-0.2, -0.15) is 0 Å². The highest BCUT2D eigenvalue weighted by molar-refractivity contribution is 7.91. The minimum atomic E-state index is -3.01. The highest BCUT2D eigenvalue weighted by Gasteiger charge is 2.27. The predicted octanol–water partition coefficient (Wildman–Crippen LogP) is -0.613. The molecule has 0 aromatic rings. The number of nitrogens with one attached hydrogen (secondary N) is 3. The van der Waals surface area contributed by atoms with Crippen molar-refractivity contribution in [2.45, 2.75) is 38.8 Å². The van der Waals surface area contributed by atoms with Gasteiger partial charge < -0.3 is 10.6 Å². The van der Waals surface area contributed by atoms with Gasteiger partial charge in [0.1, 0.15) is 0 Å². The van der Waals surface area contributed by atoms with E-state index in [2.05, 4.69) is 16.0 Å². The second-order valence-electron chi connectivity index (χ2n) is 4.69. The van der Waals surface area contributed by atoms with Crippen LogP contribution in [0.1, 0.15) is 26.7 Å². The molecule has 3 amide bonds. The number of hydrogen-bond donors (Lipinski definition) is 3. The Morgan fingerprint density at radius 1 is 1.37 bits per heavy atom. The molecule has 0 aliphatic carbocycles. The van der Waals surface area contributed by atoms with Gasteiger partial charge in [0.2, 0.25) is 5.91 Å². The lowest BCUT2D eigenvalue weighted by molar-refractivity contribution is -0.121. The van der Waals surface area contributed by atoms with Gasteiger partial charge in [-0.1, -0.05) is 0 Å². The Kier molecular flexibility index (Phi) is 5.74. The maximum Gasteiger partial charge on any atom is 0.321 e. The number of amides is 3. The molecule has 1 aliphatic rings. The van der Waals surface area contributed by atoms with Crippen molar-refractivity contribution in [2.24, 2.45) is 0 Å².